The smallest absolute Gasteiger partial charge is 0.295 e. The number of H-pyrrole nitrogens is 1. The summed E-state index contributed by atoms with van der Waals surface area (Å²) in [4.78, 5) is 16.5. The molecular formula is C10H8F2N4O2. The molecule has 2 aromatic rings. The number of nitro benzene ring substituents is 1. The average molecular weight is 254 g/mol. The highest BCUT2D eigenvalue weighted by Crippen LogP contribution is 2.29. The van der Waals surface area contributed by atoms with Crippen molar-refractivity contribution in [2.75, 3.05) is 5.32 Å². The topological polar surface area (TPSA) is 83.8 Å². The van der Waals surface area contributed by atoms with Crippen molar-refractivity contribution < 1.29 is 13.7 Å². The molecule has 0 atom stereocenters. The van der Waals surface area contributed by atoms with Crippen molar-refractivity contribution in [3.8, 4) is 0 Å². The van der Waals surface area contributed by atoms with Gasteiger partial charge in [0.2, 0.25) is 0 Å². The highest BCUT2D eigenvalue weighted by atomic mass is 19.2. The summed E-state index contributed by atoms with van der Waals surface area (Å²) in [5.74, 6) is -1.98. The number of benzene rings is 1. The third kappa shape index (κ3) is 2.26. The zero-order valence-electron chi connectivity index (χ0n) is 8.98. The fourth-order valence-corrected chi connectivity index (χ4v) is 1.43. The molecule has 6 nitrogen and oxygen atoms in total. The maximum absolute atomic E-state index is 13.5. The van der Waals surface area contributed by atoms with E-state index in [9.17, 15) is 18.9 Å². The van der Waals surface area contributed by atoms with Crippen molar-refractivity contribution in [1.82, 2.24) is 9.97 Å². The Balaban J connectivity index is 2.30. The van der Waals surface area contributed by atoms with Crippen LogP contribution in [0.1, 0.15) is 5.82 Å². The van der Waals surface area contributed by atoms with Crippen molar-refractivity contribution in [1.29, 1.82) is 0 Å². The van der Waals surface area contributed by atoms with E-state index in [-0.39, 0.29) is 6.54 Å². The minimum Gasteiger partial charge on any atom is -0.370 e. The molecule has 0 aliphatic heterocycles. The van der Waals surface area contributed by atoms with E-state index in [1.165, 1.54) is 6.20 Å². The molecule has 0 fully saturated rings. The van der Waals surface area contributed by atoms with Gasteiger partial charge in [0.1, 0.15) is 5.82 Å². The standard InChI is InChI=1S/C10H8F2N4O2/c11-6-1-2-7(16(17)18)10(9(6)12)15-5-8-13-3-4-14-8/h1-4,15H,5H2,(H,13,14). The molecule has 0 amide bonds. The van der Waals surface area contributed by atoms with Crippen LogP contribution in [0.2, 0.25) is 0 Å². The van der Waals surface area contributed by atoms with Gasteiger partial charge in [-0.2, -0.15) is 0 Å². The maximum atomic E-state index is 13.5. The number of nitrogens with zero attached hydrogens (tertiary/aromatic N) is 2. The van der Waals surface area contributed by atoms with Crippen molar-refractivity contribution in [2.24, 2.45) is 0 Å². The molecule has 0 saturated carbocycles. The van der Waals surface area contributed by atoms with Gasteiger partial charge in [-0.05, 0) is 6.07 Å². The molecule has 0 aliphatic rings. The lowest BCUT2D eigenvalue weighted by molar-refractivity contribution is -0.384. The molecular weight excluding hydrogens is 246 g/mol. The zero-order chi connectivity index (χ0) is 13.1. The molecule has 18 heavy (non-hydrogen) atoms. The van der Waals surface area contributed by atoms with Gasteiger partial charge in [-0.25, -0.2) is 13.8 Å². The van der Waals surface area contributed by atoms with Gasteiger partial charge in [-0.1, -0.05) is 0 Å². The van der Waals surface area contributed by atoms with Gasteiger partial charge in [0.25, 0.3) is 5.69 Å². The van der Waals surface area contributed by atoms with Crippen molar-refractivity contribution in [3.05, 3.63) is 52.1 Å². The van der Waals surface area contributed by atoms with Crippen LogP contribution in [0.25, 0.3) is 0 Å². The van der Waals surface area contributed by atoms with Gasteiger partial charge in [0.15, 0.2) is 17.3 Å². The number of nitrogens with one attached hydrogen (secondary N) is 2. The number of halogens is 2. The number of nitro groups is 1. The lowest BCUT2D eigenvalue weighted by Crippen LogP contribution is -2.07. The largest absolute Gasteiger partial charge is 0.370 e. The second-order valence-electron chi connectivity index (χ2n) is 3.40. The second-order valence-corrected chi connectivity index (χ2v) is 3.40. The molecule has 1 aromatic heterocycles. The van der Waals surface area contributed by atoms with Gasteiger partial charge in [0.05, 0.1) is 11.5 Å². The van der Waals surface area contributed by atoms with Gasteiger partial charge in [-0.3, -0.25) is 10.1 Å². The van der Waals surface area contributed by atoms with Gasteiger partial charge >= 0.3 is 0 Å². The molecule has 0 aliphatic carbocycles. The highest BCUT2D eigenvalue weighted by molar-refractivity contribution is 5.62. The molecule has 8 heteroatoms. The Hall–Kier alpha value is -2.51. The fraction of sp³-hybridized carbons (Fsp3) is 0.100. The number of imidazole rings is 1. The van der Waals surface area contributed by atoms with Crippen LogP contribution in [0, 0.1) is 21.7 Å². The Kier molecular flexibility index (Phi) is 3.18. The van der Waals surface area contributed by atoms with Crippen molar-refractivity contribution >= 4 is 11.4 Å². The molecule has 0 unspecified atom stereocenters. The molecule has 0 saturated heterocycles. The van der Waals surface area contributed by atoms with Gasteiger partial charge in [0, 0.05) is 18.5 Å². The average Bonchev–Trinajstić information content (AvgIpc) is 2.83. The first kappa shape index (κ1) is 12.0. The molecule has 94 valence electrons. The third-order valence-corrected chi connectivity index (χ3v) is 2.26. The number of hydrogen-bond donors (Lipinski definition) is 2. The van der Waals surface area contributed by atoms with E-state index >= 15 is 0 Å². The Morgan fingerprint density at radius 1 is 1.44 bits per heavy atom. The normalized spacial score (nSPS) is 10.3. The summed E-state index contributed by atoms with van der Waals surface area (Å²) in [6.07, 6.45) is 3.03. The summed E-state index contributed by atoms with van der Waals surface area (Å²) in [5, 5.41) is 13.2. The third-order valence-electron chi connectivity index (χ3n) is 2.26. The summed E-state index contributed by atoms with van der Waals surface area (Å²) in [6.45, 7) is 0.0220. The Bertz CT molecular complexity index is 572. The second kappa shape index (κ2) is 4.78. The van der Waals surface area contributed by atoms with Crippen molar-refractivity contribution in [3.63, 3.8) is 0 Å². The van der Waals surface area contributed by atoms with E-state index in [0.717, 1.165) is 6.07 Å². The van der Waals surface area contributed by atoms with Gasteiger partial charge < -0.3 is 10.3 Å². The van der Waals surface area contributed by atoms with Crippen LogP contribution in [-0.2, 0) is 6.54 Å². The molecule has 0 radical (unpaired) electrons. The molecule has 0 bridgehead atoms. The minimum absolute atomic E-state index is 0.0220. The summed E-state index contributed by atoms with van der Waals surface area (Å²) in [5.41, 5.74) is -1.02. The quantitative estimate of drug-likeness (QED) is 0.647. The van der Waals surface area contributed by atoms with Crippen LogP contribution >= 0.6 is 0 Å². The van der Waals surface area contributed by atoms with Crippen molar-refractivity contribution in [2.45, 2.75) is 6.54 Å². The van der Waals surface area contributed by atoms with Crippen LogP contribution in [0.15, 0.2) is 24.5 Å². The zero-order valence-corrected chi connectivity index (χ0v) is 8.98. The first-order chi connectivity index (χ1) is 8.59. The van der Waals surface area contributed by atoms with Crippen LogP contribution in [-0.4, -0.2) is 14.9 Å². The number of aromatic amines is 1. The summed E-state index contributed by atoms with van der Waals surface area (Å²) in [6, 6.07) is 1.62. The van der Waals surface area contributed by atoms with Gasteiger partial charge in [-0.15, -0.1) is 0 Å². The maximum Gasteiger partial charge on any atom is 0.295 e. The lowest BCUT2D eigenvalue weighted by Gasteiger charge is -2.07. The first-order valence-corrected chi connectivity index (χ1v) is 4.94. The van der Waals surface area contributed by atoms with E-state index in [2.05, 4.69) is 15.3 Å². The molecule has 0 spiro atoms. The van der Waals surface area contributed by atoms with E-state index in [1.807, 2.05) is 0 Å². The first-order valence-electron chi connectivity index (χ1n) is 4.94. The molecule has 2 N–H and O–H groups in total. The number of anilines is 1. The van der Waals surface area contributed by atoms with Crippen LogP contribution < -0.4 is 5.32 Å². The summed E-state index contributed by atoms with van der Waals surface area (Å²) >= 11 is 0. The molecule has 2 rings (SSSR count). The van der Waals surface area contributed by atoms with Crippen LogP contribution in [0.4, 0.5) is 20.2 Å². The Labute approximate surface area is 99.8 Å². The number of hydrogen-bond acceptors (Lipinski definition) is 4. The monoisotopic (exact) mass is 254 g/mol. The molecule has 1 aromatic carbocycles. The van der Waals surface area contributed by atoms with E-state index in [1.54, 1.807) is 6.20 Å². The lowest BCUT2D eigenvalue weighted by atomic mass is 10.2. The Morgan fingerprint density at radius 2 is 2.22 bits per heavy atom. The molecule has 1 heterocycles. The van der Waals surface area contributed by atoms with E-state index in [4.69, 9.17) is 0 Å². The minimum atomic E-state index is -1.28. The predicted molar refractivity (Wildman–Crippen MR) is 58.9 cm³/mol. The SMILES string of the molecule is O=[N+]([O-])c1ccc(F)c(F)c1NCc1ncc[nH]1. The van der Waals surface area contributed by atoms with E-state index in [0.29, 0.717) is 11.9 Å². The van der Waals surface area contributed by atoms with E-state index < -0.39 is 27.9 Å². The number of rotatable bonds is 4. The van der Waals surface area contributed by atoms with Crippen LogP contribution in [0.3, 0.4) is 0 Å². The summed E-state index contributed by atoms with van der Waals surface area (Å²) < 4.78 is 26.5. The Morgan fingerprint density at radius 3 is 2.83 bits per heavy atom. The van der Waals surface area contributed by atoms with Crippen LogP contribution in [0.5, 0.6) is 0 Å². The summed E-state index contributed by atoms with van der Waals surface area (Å²) in [7, 11) is 0. The fourth-order valence-electron chi connectivity index (χ4n) is 1.43. The highest BCUT2D eigenvalue weighted by Gasteiger charge is 2.21. The number of aromatic nitrogens is 2. The predicted octanol–water partition coefficient (Wildman–Crippen LogP) is 2.21.